The number of hydrogen-bond donors (Lipinski definition) is 1. The molecule has 1 fully saturated rings. The number of rotatable bonds is 5. The number of nitrogens with zero attached hydrogens (tertiary/aromatic N) is 2. The number of benzene rings is 1. The predicted octanol–water partition coefficient (Wildman–Crippen LogP) is 3.72. The van der Waals surface area contributed by atoms with Crippen molar-refractivity contribution >= 4 is 16.7 Å². The zero-order valence-corrected chi connectivity index (χ0v) is 12.9. The van der Waals surface area contributed by atoms with Crippen molar-refractivity contribution in [1.82, 2.24) is 10.3 Å². The highest BCUT2D eigenvalue weighted by Crippen LogP contribution is 2.25. The molecule has 2 aromatic rings. The van der Waals surface area contributed by atoms with E-state index in [1.165, 1.54) is 36.6 Å². The molecule has 0 amide bonds. The number of anilines is 1. The van der Waals surface area contributed by atoms with Crippen molar-refractivity contribution in [2.75, 3.05) is 24.5 Å². The Balaban J connectivity index is 1.93. The fraction of sp³-hybridized carbons (Fsp3) is 0.500. The summed E-state index contributed by atoms with van der Waals surface area (Å²) in [6, 6.07) is 10.8. The third-order valence-corrected chi connectivity index (χ3v) is 4.21. The highest BCUT2D eigenvalue weighted by molar-refractivity contribution is 5.84. The molecule has 2 heterocycles. The van der Waals surface area contributed by atoms with Crippen LogP contribution in [0, 0.1) is 0 Å². The Morgan fingerprint density at radius 3 is 2.76 bits per heavy atom. The maximum Gasteiger partial charge on any atom is 0.129 e. The topological polar surface area (TPSA) is 28.2 Å². The average molecular weight is 283 g/mol. The van der Waals surface area contributed by atoms with Gasteiger partial charge in [-0.15, -0.1) is 0 Å². The van der Waals surface area contributed by atoms with Crippen LogP contribution in [0.25, 0.3) is 10.9 Å². The van der Waals surface area contributed by atoms with Crippen LogP contribution in [0.3, 0.4) is 0 Å². The number of pyridine rings is 1. The number of hydrogen-bond acceptors (Lipinski definition) is 3. The fourth-order valence-electron chi connectivity index (χ4n) is 3.06. The molecule has 0 bridgehead atoms. The standard InChI is InChI=1S/C18H25N3/c1-2-10-19-14-15-13-18(21-11-6-3-7-12-21)20-17-9-5-4-8-16(15)17/h4-5,8-9,13,19H,2-3,6-7,10-12,14H2,1H3. The summed E-state index contributed by atoms with van der Waals surface area (Å²) >= 11 is 0. The molecule has 3 nitrogen and oxygen atoms in total. The van der Waals surface area contributed by atoms with Gasteiger partial charge in [-0.2, -0.15) is 0 Å². The zero-order valence-electron chi connectivity index (χ0n) is 12.9. The highest BCUT2D eigenvalue weighted by Gasteiger charge is 2.14. The van der Waals surface area contributed by atoms with E-state index < -0.39 is 0 Å². The Hall–Kier alpha value is -1.61. The molecule has 1 N–H and O–H groups in total. The third-order valence-electron chi connectivity index (χ3n) is 4.21. The van der Waals surface area contributed by atoms with Gasteiger partial charge in [-0.1, -0.05) is 25.1 Å². The van der Waals surface area contributed by atoms with Gasteiger partial charge in [-0.3, -0.25) is 0 Å². The average Bonchev–Trinajstić information content (AvgIpc) is 2.55. The first-order valence-corrected chi connectivity index (χ1v) is 8.23. The van der Waals surface area contributed by atoms with E-state index in [-0.39, 0.29) is 0 Å². The summed E-state index contributed by atoms with van der Waals surface area (Å²) in [6.07, 6.45) is 5.10. The van der Waals surface area contributed by atoms with Gasteiger partial charge < -0.3 is 10.2 Å². The molecule has 1 aromatic heterocycles. The normalized spacial score (nSPS) is 15.6. The molecule has 3 heteroatoms. The van der Waals surface area contributed by atoms with Gasteiger partial charge in [0.15, 0.2) is 0 Å². The summed E-state index contributed by atoms with van der Waals surface area (Å²) in [5, 5.41) is 4.81. The minimum atomic E-state index is 0.928. The van der Waals surface area contributed by atoms with Gasteiger partial charge in [0.25, 0.3) is 0 Å². The van der Waals surface area contributed by atoms with Crippen LogP contribution in [0.1, 0.15) is 38.2 Å². The fourth-order valence-corrected chi connectivity index (χ4v) is 3.06. The third kappa shape index (κ3) is 3.35. The summed E-state index contributed by atoms with van der Waals surface area (Å²) in [5.41, 5.74) is 2.49. The SMILES string of the molecule is CCCNCc1cc(N2CCCCC2)nc2ccccc12. The Bertz CT molecular complexity index is 588. The Morgan fingerprint density at radius 2 is 1.95 bits per heavy atom. The first-order valence-electron chi connectivity index (χ1n) is 8.23. The van der Waals surface area contributed by atoms with Crippen LogP contribution in [-0.4, -0.2) is 24.6 Å². The largest absolute Gasteiger partial charge is 0.357 e. The summed E-state index contributed by atoms with van der Waals surface area (Å²) in [6.45, 7) is 6.49. The van der Waals surface area contributed by atoms with Crippen LogP contribution in [0.15, 0.2) is 30.3 Å². The van der Waals surface area contributed by atoms with E-state index in [4.69, 9.17) is 4.98 Å². The number of nitrogens with one attached hydrogen (secondary N) is 1. The van der Waals surface area contributed by atoms with E-state index in [9.17, 15) is 0 Å². The van der Waals surface area contributed by atoms with E-state index in [0.29, 0.717) is 0 Å². The second kappa shape index (κ2) is 6.90. The van der Waals surface area contributed by atoms with E-state index >= 15 is 0 Å². The molecule has 1 saturated heterocycles. The lowest BCUT2D eigenvalue weighted by Crippen LogP contribution is -2.30. The number of aromatic nitrogens is 1. The van der Waals surface area contributed by atoms with Gasteiger partial charge in [0, 0.05) is 25.0 Å². The van der Waals surface area contributed by atoms with E-state index in [2.05, 4.69) is 47.5 Å². The highest BCUT2D eigenvalue weighted by atomic mass is 15.2. The molecule has 0 saturated carbocycles. The van der Waals surface area contributed by atoms with Crippen molar-refractivity contribution in [2.45, 2.75) is 39.2 Å². The van der Waals surface area contributed by atoms with Gasteiger partial charge in [0.1, 0.15) is 5.82 Å². The molecule has 0 spiro atoms. The molecule has 0 atom stereocenters. The molecule has 112 valence electrons. The van der Waals surface area contributed by atoms with Gasteiger partial charge in [-0.25, -0.2) is 4.98 Å². The second-order valence-electron chi connectivity index (χ2n) is 5.88. The Morgan fingerprint density at radius 1 is 1.14 bits per heavy atom. The lowest BCUT2D eigenvalue weighted by molar-refractivity contribution is 0.573. The molecule has 0 unspecified atom stereocenters. The van der Waals surface area contributed by atoms with Gasteiger partial charge in [0.2, 0.25) is 0 Å². The second-order valence-corrected chi connectivity index (χ2v) is 5.88. The first kappa shape index (κ1) is 14.3. The van der Waals surface area contributed by atoms with E-state index in [1.807, 2.05) is 0 Å². The van der Waals surface area contributed by atoms with Gasteiger partial charge in [-0.05, 0) is 49.9 Å². The Labute approximate surface area is 127 Å². The van der Waals surface area contributed by atoms with E-state index in [1.54, 1.807) is 0 Å². The molecular weight excluding hydrogens is 258 g/mol. The maximum atomic E-state index is 4.89. The van der Waals surface area contributed by atoms with Crippen LogP contribution in [0.2, 0.25) is 0 Å². The Kier molecular flexibility index (Phi) is 4.71. The lowest BCUT2D eigenvalue weighted by atomic mass is 10.1. The molecule has 21 heavy (non-hydrogen) atoms. The minimum Gasteiger partial charge on any atom is -0.357 e. The molecule has 1 aliphatic rings. The molecule has 0 aliphatic carbocycles. The van der Waals surface area contributed by atoms with Gasteiger partial charge >= 0.3 is 0 Å². The van der Waals surface area contributed by atoms with Crippen molar-refractivity contribution in [1.29, 1.82) is 0 Å². The summed E-state index contributed by atoms with van der Waals surface area (Å²) in [5.74, 6) is 1.15. The molecule has 1 aromatic carbocycles. The van der Waals surface area contributed by atoms with Gasteiger partial charge in [0.05, 0.1) is 5.52 Å². The van der Waals surface area contributed by atoms with Crippen molar-refractivity contribution < 1.29 is 0 Å². The first-order chi connectivity index (χ1) is 10.4. The smallest absolute Gasteiger partial charge is 0.129 e. The van der Waals surface area contributed by atoms with Crippen LogP contribution >= 0.6 is 0 Å². The van der Waals surface area contributed by atoms with E-state index in [0.717, 1.165) is 37.5 Å². The van der Waals surface area contributed by atoms with Crippen molar-refractivity contribution in [2.24, 2.45) is 0 Å². The van der Waals surface area contributed by atoms with Crippen molar-refractivity contribution in [3.8, 4) is 0 Å². The molecule has 3 rings (SSSR count). The number of piperidine rings is 1. The minimum absolute atomic E-state index is 0.928. The van der Waals surface area contributed by atoms with Crippen molar-refractivity contribution in [3.05, 3.63) is 35.9 Å². The number of fused-ring (bicyclic) bond motifs is 1. The van der Waals surface area contributed by atoms with Crippen LogP contribution in [0.5, 0.6) is 0 Å². The quantitative estimate of drug-likeness (QED) is 0.848. The summed E-state index contributed by atoms with van der Waals surface area (Å²) in [7, 11) is 0. The zero-order chi connectivity index (χ0) is 14.5. The predicted molar refractivity (Wildman–Crippen MR) is 89.8 cm³/mol. The maximum absolute atomic E-state index is 4.89. The van der Waals surface area contributed by atoms with Crippen LogP contribution in [-0.2, 0) is 6.54 Å². The molecule has 1 aliphatic heterocycles. The number of para-hydroxylation sites is 1. The van der Waals surface area contributed by atoms with Crippen molar-refractivity contribution in [3.63, 3.8) is 0 Å². The molecule has 0 radical (unpaired) electrons. The molecular formula is C18H25N3. The monoisotopic (exact) mass is 283 g/mol. The summed E-state index contributed by atoms with van der Waals surface area (Å²) in [4.78, 5) is 7.33. The van der Waals surface area contributed by atoms with Crippen LogP contribution < -0.4 is 10.2 Å². The summed E-state index contributed by atoms with van der Waals surface area (Å²) < 4.78 is 0. The lowest BCUT2D eigenvalue weighted by Gasteiger charge is -2.28. The van der Waals surface area contributed by atoms with Crippen LogP contribution in [0.4, 0.5) is 5.82 Å².